The second kappa shape index (κ2) is 5.57. The number of rotatable bonds is 2. The van der Waals surface area contributed by atoms with Crippen molar-refractivity contribution >= 4 is 21.6 Å². The molecular weight excluding hydrogens is 292 g/mol. The van der Waals surface area contributed by atoms with E-state index in [1.807, 2.05) is 12.4 Å². The van der Waals surface area contributed by atoms with Crippen LogP contribution in [0.5, 0.6) is 0 Å². The number of ether oxygens (including phenoxy) is 1. The van der Waals surface area contributed by atoms with E-state index in [0.29, 0.717) is 0 Å². The predicted molar refractivity (Wildman–Crippen MR) is 75.8 cm³/mol. The Morgan fingerprint density at radius 1 is 1.17 bits per heavy atom. The van der Waals surface area contributed by atoms with Crippen molar-refractivity contribution in [2.75, 3.05) is 31.2 Å². The largest absolute Gasteiger partial charge is 0.381 e. The summed E-state index contributed by atoms with van der Waals surface area (Å²) in [6, 6.07) is 2.17. The van der Waals surface area contributed by atoms with Crippen molar-refractivity contribution < 1.29 is 4.74 Å². The van der Waals surface area contributed by atoms with Crippen LogP contribution in [0, 0.1) is 11.8 Å². The Morgan fingerprint density at radius 2 is 2.00 bits per heavy atom. The third-order valence-electron chi connectivity index (χ3n) is 4.21. The summed E-state index contributed by atoms with van der Waals surface area (Å²) >= 11 is 3.50. The summed E-state index contributed by atoms with van der Waals surface area (Å²) < 4.78 is 6.52. The summed E-state index contributed by atoms with van der Waals surface area (Å²) in [5, 5.41) is 0. The summed E-state index contributed by atoms with van der Waals surface area (Å²) in [6.45, 7) is 4.27. The van der Waals surface area contributed by atoms with Gasteiger partial charge < -0.3 is 9.64 Å². The molecule has 3 heterocycles. The molecule has 0 N–H and O–H groups in total. The Morgan fingerprint density at radius 3 is 2.78 bits per heavy atom. The van der Waals surface area contributed by atoms with Crippen LogP contribution >= 0.6 is 15.9 Å². The molecule has 1 atom stereocenters. The molecule has 0 aromatic carbocycles. The van der Waals surface area contributed by atoms with Gasteiger partial charge in [0.05, 0.1) is 11.9 Å². The van der Waals surface area contributed by atoms with E-state index in [1.54, 1.807) is 0 Å². The lowest BCUT2D eigenvalue weighted by atomic mass is 9.85. The zero-order valence-electron chi connectivity index (χ0n) is 10.5. The lowest BCUT2D eigenvalue weighted by Gasteiger charge is -2.27. The van der Waals surface area contributed by atoms with Gasteiger partial charge in [0.1, 0.15) is 0 Å². The van der Waals surface area contributed by atoms with Crippen molar-refractivity contribution in [2.45, 2.75) is 19.3 Å². The molecule has 18 heavy (non-hydrogen) atoms. The van der Waals surface area contributed by atoms with Gasteiger partial charge in [0.25, 0.3) is 0 Å². The quantitative estimate of drug-likeness (QED) is 0.839. The maximum Gasteiger partial charge on any atom is 0.0564 e. The summed E-state index contributed by atoms with van der Waals surface area (Å²) in [4.78, 5) is 6.73. The predicted octanol–water partition coefficient (Wildman–Crippen LogP) is 3.10. The van der Waals surface area contributed by atoms with Gasteiger partial charge in [0, 0.05) is 37.0 Å². The number of nitrogens with zero attached hydrogens (tertiary/aromatic N) is 2. The first-order valence-electron chi connectivity index (χ1n) is 6.76. The van der Waals surface area contributed by atoms with Crippen LogP contribution in [0.4, 0.5) is 5.69 Å². The van der Waals surface area contributed by atoms with Gasteiger partial charge in [-0.3, -0.25) is 4.98 Å². The molecule has 98 valence electrons. The normalized spacial score (nSPS) is 25.6. The highest BCUT2D eigenvalue weighted by Gasteiger charge is 2.30. The van der Waals surface area contributed by atoms with Gasteiger partial charge in [0.2, 0.25) is 0 Å². The molecule has 1 aromatic rings. The highest BCUT2D eigenvalue weighted by molar-refractivity contribution is 9.10. The summed E-state index contributed by atoms with van der Waals surface area (Å²) in [5.74, 6) is 1.71. The van der Waals surface area contributed by atoms with Gasteiger partial charge >= 0.3 is 0 Å². The smallest absolute Gasteiger partial charge is 0.0564 e. The number of aromatic nitrogens is 1. The number of hydrogen-bond acceptors (Lipinski definition) is 3. The minimum atomic E-state index is 0.841. The van der Waals surface area contributed by atoms with Crippen molar-refractivity contribution in [1.29, 1.82) is 0 Å². The minimum Gasteiger partial charge on any atom is -0.381 e. The van der Waals surface area contributed by atoms with Crippen LogP contribution in [0.25, 0.3) is 0 Å². The minimum absolute atomic E-state index is 0.841. The molecule has 4 heteroatoms. The lowest BCUT2D eigenvalue weighted by molar-refractivity contribution is 0.0500. The monoisotopic (exact) mass is 310 g/mol. The van der Waals surface area contributed by atoms with Crippen molar-refractivity contribution in [2.24, 2.45) is 11.8 Å². The van der Waals surface area contributed by atoms with Gasteiger partial charge in [-0.05, 0) is 53.1 Å². The first-order valence-corrected chi connectivity index (χ1v) is 7.55. The Labute approximate surface area is 117 Å². The van der Waals surface area contributed by atoms with Crippen LogP contribution in [0.2, 0.25) is 0 Å². The molecule has 1 aromatic heterocycles. The highest BCUT2D eigenvalue weighted by Crippen LogP contribution is 2.33. The molecule has 2 aliphatic rings. The first kappa shape index (κ1) is 12.4. The molecule has 0 bridgehead atoms. The topological polar surface area (TPSA) is 25.4 Å². The van der Waals surface area contributed by atoms with Crippen molar-refractivity contribution in [1.82, 2.24) is 4.98 Å². The number of hydrogen-bond donors (Lipinski definition) is 0. The summed E-state index contributed by atoms with van der Waals surface area (Å²) in [5.41, 5.74) is 1.25. The maximum absolute atomic E-state index is 5.46. The van der Waals surface area contributed by atoms with Crippen molar-refractivity contribution in [3.8, 4) is 0 Å². The van der Waals surface area contributed by atoms with E-state index in [1.165, 1.54) is 38.0 Å². The first-order chi connectivity index (χ1) is 8.83. The summed E-state index contributed by atoms with van der Waals surface area (Å²) in [6.07, 6.45) is 7.62. The molecule has 0 spiro atoms. The molecule has 3 nitrogen and oxygen atoms in total. The molecule has 3 rings (SSSR count). The van der Waals surface area contributed by atoms with Crippen LogP contribution in [-0.2, 0) is 4.74 Å². The molecule has 0 saturated carbocycles. The number of pyridine rings is 1. The third-order valence-corrected chi connectivity index (χ3v) is 4.65. The number of halogens is 1. The van der Waals surface area contributed by atoms with E-state index in [4.69, 9.17) is 4.74 Å². The zero-order valence-corrected chi connectivity index (χ0v) is 12.1. The van der Waals surface area contributed by atoms with E-state index >= 15 is 0 Å². The number of anilines is 1. The van der Waals surface area contributed by atoms with Gasteiger partial charge in [-0.15, -0.1) is 0 Å². The van der Waals surface area contributed by atoms with Gasteiger partial charge in [-0.2, -0.15) is 0 Å². The van der Waals surface area contributed by atoms with E-state index in [9.17, 15) is 0 Å². The molecular formula is C14H19BrN2O. The summed E-state index contributed by atoms with van der Waals surface area (Å²) in [7, 11) is 0. The van der Waals surface area contributed by atoms with E-state index < -0.39 is 0 Å². The fraction of sp³-hybridized carbons (Fsp3) is 0.643. The van der Waals surface area contributed by atoms with Gasteiger partial charge in [-0.25, -0.2) is 0 Å². The molecule has 0 unspecified atom stereocenters. The fourth-order valence-electron chi connectivity index (χ4n) is 3.17. The molecule has 2 aliphatic heterocycles. The SMILES string of the molecule is Brc1cncc(N2CC[C@@H](C3CCOCC3)C2)c1. The molecule has 2 saturated heterocycles. The van der Waals surface area contributed by atoms with Crippen LogP contribution in [0.1, 0.15) is 19.3 Å². The average molecular weight is 311 g/mol. The Bertz CT molecular complexity index is 407. The molecule has 0 aliphatic carbocycles. The second-order valence-electron chi connectivity index (χ2n) is 5.31. The standard InChI is InChI=1S/C14H19BrN2O/c15-13-7-14(9-16-8-13)17-4-1-12(10-17)11-2-5-18-6-3-11/h7-9,11-12H,1-6,10H2/t12-/m1/s1. The van der Waals surface area contributed by atoms with Crippen molar-refractivity contribution in [3.63, 3.8) is 0 Å². The second-order valence-corrected chi connectivity index (χ2v) is 6.22. The van der Waals surface area contributed by atoms with Crippen molar-refractivity contribution in [3.05, 3.63) is 22.9 Å². The van der Waals surface area contributed by atoms with Crippen LogP contribution in [0.3, 0.4) is 0 Å². The van der Waals surface area contributed by atoms with Crippen LogP contribution in [-0.4, -0.2) is 31.3 Å². The van der Waals surface area contributed by atoms with Gasteiger partial charge in [-0.1, -0.05) is 0 Å². The van der Waals surface area contributed by atoms with E-state index in [0.717, 1.165) is 29.5 Å². The Balaban J connectivity index is 1.64. The van der Waals surface area contributed by atoms with E-state index in [2.05, 4.69) is 31.9 Å². The Kier molecular flexibility index (Phi) is 3.85. The molecule has 0 radical (unpaired) electrons. The van der Waals surface area contributed by atoms with Gasteiger partial charge in [0.15, 0.2) is 0 Å². The highest BCUT2D eigenvalue weighted by atomic mass is 79.9. The molecule has 0 amide bonds. The lowest BCUT2D eigenvalue weighted by Crippen LogP contribution is -2.26. The Hall–Kier alpha value is -0.610. The van der Waals surface area contributed by atoms with Crippen LogP contribution < -0.4 is 4.90 Å². The van der Waals surface area contributed by atoms with Crippen LogP contribution in [0.15, 0.2) is 22.9 Å². The molecule has 2 fully saturated rings. The average Bonchev–Trinajstić information content (AvgIpc) is 2.89. The third kappa shape index (κ3) is 2.69. The van der Waals surface area contributed by atoms with E-state index in [-0.39, 0.29) is 0 Å². The fourth-order valence-corrected chi connectivity index (χ4v) is 3.52. The zero-order chi connectivity index (χ0) is 12.4. The maximum atomic E-state index is 5.46.